The molecular weight excluding hydrogens is 412 g/mol. The maximum atomic E-state index is 13.7. The summed E-state index contributed by atoms with van der Waals surface area (Å²) in [6.45, 7) is 0. The monoisotopic (exact) mass is 426 g/mol. The van der Waals surface area contributed by atoms with Crippen LogP contribution in [0.15, 0.2) is 91.0 Å². The summed E-state index contributed by atoms with van der Waals surface area (Å²) in [4.78, 5) is 27.2. The Labute approximate surface area is 171 Å². The van der Waals surface area contributed by atoms with E-state index in [0.29, 0.717) is 16.7 Å². The van der Waals surface area contributed by atoms with Crippen molar-refractivity contribution in [2.24, 2.45) is 0 Å². The lowest BCUT2D eigenvalue weighted by Gasteiger charge is -2.18. The molecule has 0 unspecified atom stereocenters. The molecule has 0 N–H and O–H groups in total. The van der Waals surface area contributed by atoms with Crippen LogP contribution in [0.4, 0.5) is 0 Å². The van der Waals surface area contributed by atoms with Crippen molar-refractivity contribution >= 4 is 38.3 Å². The maximum absolute atomic E-state index is 13.7. The van der Waals surface area contributed by atoms with Gasteiger partial charge in [0.1, 0.15) is 0 Å². The number of ketones is 2. The smallest absolute Gasteiger partial charge is 0.193 e. The molecule has 3 heteroatoms. The Bertz CT molecular complexity index is 1250. The Morgan fingerprint density at radius 3 is 1.96 bits per heavy atom. The maximum Gasteiger partial charge on any atom is 0.193 e. The molecule has 0 radical (unpaired) electrons. The van der Waals surface area contributed by atoms with E-state index in [0.717, 1.165) is 21.9 Å². The van der Waals surface area contributed by atoms with Crippen LogP contribution in [0.2, 0.25) is 0 Å². The third kappa shape index (κ3) is 2.26. The highest BCUT2D eigenvalue weighted by Crippen LogP contribution is 2.49. The van der Waals surface area contributed by atoms with Gasteiger partial charge in [-0.3, -0.25) is 9.59 Å². The Kier molecular flexibility index (Phi) is 3.81. The van der Waals surface area contributed by atoms with Crippen molar-refractivity contribution in [1.82, 2.24) is 0 Å². The molecular formula is C25H15BrO2. The molecule has 0 aliphatic heterocycles. The van der Waals surface area contributed by atoms with Crippen LogP contribution in [-0.4, -0.2) is 11.6 Å². The van der Waals surface area contributed by atoms with Gasteiger partial charge in [0.25, 0.3) is 0 Å². The lowest BCUT2D eigenvalue weighted by Crippen LogP contribution is -2.31. The molecule has 1 aliphatic carbocycles. The van der Waals surface area contributed by atoms with Gasteiger partial charge in [0.15, 0.2) is 15.9 Å². The highest BCUT2D eigenvalue weighted by molar-refractivity contribution is 9.10. The van der Waals surface area contributed by atoms with Gasteiger partial charge in [0.2, 0.25) is 0 Å². The van der Waals surface area contributed by atoms with Crippen molar-refractivity contribution in [3.63, 3.8) is 0 Å². The number of carbonyl (C=O) groups is 2. The fraction of sp³-hybridized carbons (Fsp3) is 0.0400. The van der Waals surface area contributed by atoms with E-state index in [1.54, 1.807) is 0 Å². The molecule has 134 valence electrons. The van der Waals surface area contributed by atoms with Gasteiger partial charge in [0.05, 0.1) is 0 Å². The first-order chi connectivity index (χ1) is 13.6. The molecule has 0 aromatic heterocycles. The second-order valence-electron chi connectivity index (χ2n) is 6.94. The second-order valence-corrected chi connectivity index (χ2v) is 8.13. The lowest BCUT2D eigenvalue weighted by atomic mass is 9.89. The van der Waals surface area contributed by atoms with Crippen molar-refractivity contribution in [1.29, 1.82) is 0 Å². The zero-order chi connectivity index (χ0) is 19.3. The molecule has 0 bridgehead atoms. The normalized spacial score (nSPS) is 18.5. The average Bonchev–Trinajstić information content (AvgIpc) is 2.95. The third-order valence-electron chi connectivity index (χ3n) is 5.38. The van der Waals surface area contributed by atoms with Crippen LogP contribution in [-0.2, 0) is 4.32 Å². The number of rotatable bonds is 2. The van der Waals surface area contributed by atoms with E-state index in [2.05, 4.69) is 15.9 Å². The fourth-order valence-electron chi connectivity index (χ4n) is 4.06. The molecule has 4 aromatic carbocycles. The quantitative estimate of drug-likeness (QED) is 0.283. The fourth-order valence-corrected chi connectivity index (χ4v) is 4.73. The largest absolute Gasteiger partial charge is 0.292 e. The number of halogens is 1. The predicted octanol–water partition coefficient (Wildman–Crippen LogP) is 6.18. The van der Waals surface area contributed by atoms with Gasteiger partial charge in [-0.15, -0.1) is 0 Å². The van der Waals surface area contributed by atoms with E-state index in [1.165, 1.54) is 0 Å². The van der Waals surface area contributed by atoms with Crippen LogP contribution in [0.3, 0.4) is 0 Å². The van der Waals surface area contributed by atoms with Crippen LogP contribution in [0.1, 0.15) is 26.3 Å². The SMILES string of the molecule is O=C1c2cc3ccccc3c(-c3ccccc3)c2C(=O)[C@@]1(Br)c1ccccc1. The molecule has 1 atom stereocenters. The number of hydrogen-bond acceptors (Lipinski definition) is 2. The van der Waals surface area contributed by atoms with Gasteiger partial charge in [0, 0.05) is 16.7 Å². The number of hydrogen-bond donors (Lipinski definition) is 0. The van der Waals surface area contributed by atoms with Gasteiger partial charge in [-0.05, 0) is 28.0 Å². The molecule has 4 aromatic rings. The summed E-state index contributed by atoms with van der Waals surface area (Å²) in [5.41, 5.74) is 3.38. The van der Waals surface area contributed by atoms with E-state index in [4.69, 9.17) is 0 Å². The van der Waals surface area contributed by atoms with E-state index in [9.17, 15) is 9.59 Å². The summed E-state index contributed by atoms with van der Waals surface area (Å²) in [6, 6.07) is 28.8. The van der Waals surface area contributed by atoms with Crippen molar-refractivity contribution < 1.29 is 9.59 Å². The van der Waals surface area contributed by atoms with E-state index >= 15 is 0 Å². The van der Waals surface area contributed by atoms with Crippen LogP contribution in [0, 0.1) is 0 Å². The molecule has 28 heavy (non-hydrogen) atoms. The predicted molar refractivity (Wildman–Crippen MR) is 115 cm³/mol. The summed E-state index contributed by atoms with van der Waals surface area (Å²) in [5, 5.41) is 1.92. The second kappa shape index (κ2) is 6.25. The molecule has 0 saturated carbocycles. The van der Waals surface area contributed by atoms with E-state index in [1.807, 2.05) is 91.0 Å². The van der Waals surface area contributed by atoms with Crippen molar-refractivity contribution in [2.75, 3.05) is 0 Å². The molecule has 0 amide bonds. The number of fused-ring (bicyclic) bond motifs is 2. The Hall–Kier alpha value is -3.04. The minimum absolute atomic E-state index is 0.205. The highest BCUT2D eigenvalue weighted by Gasteiger charge is 2.53. The number of benzene rings is 4. The topological polar surface area (TPSA) is 34.1 Å². The molecule has 2 nitrogen and oxygen atoms in total. The van der Waals surface area contributed by atoms with Gasteiger partial charge in [-0.1, -0.05) is 101 Å². The van der Waals surface area contributed by atoms with E-state index < -0.39 is 4.32 Å². The Balaban J connectivity index is 1.88. The summed E-state index contributed by atoms with van der Waals surface area (Å²) >= 11 is 3.55. The number of alkyl halides is 1. The van der Waals surface area contributed by atoms with Gasteiger partial charge in [-0.25, -0.2) is 0 Å². The van der Waals surface area contributed by atoms with Gasteiger partial charge >= 0.3 is 0 Å². The van der Waals surface area contributed by atoms with Gasteiger partial charge < -0.3 is 0 Å². The summed E-state index contributed by atoms with van der Waals surface area (Å²) in [6.07, 6.45) is 0. The Morgan fingerprint density at radius 1 is 0.643 bits per heavy atom. The number of carbonyl (C=O) groups excluding carboxylic acids is 2. The first-order valence-electron chi connectivity index (χ1n) is 9.07. The first kappa shape index (κ1) is 17.1. The molecule has 0 heterocycles. The first-order valence-corrected chi connectivity index (χ1v) is 9.87. The van der Waals surface area contributed by atoms with Gasteiger partial charge in [-0.2, -0.15) is 0 Å². The zero-order valence-corrected chi connectivity index (χ0v) is 16.4. The Morgan fingerprint density at radius 2 is 1.25 bits per heavy atom. The minimum atomic E-state index is -1.38. The summed E-state index contributed by atoms with van der Waals surface area (Å²) < 4.78 is -1.38. The molecule has 5 rings (SSSR count). The molecule has 0 spiro atoms. The van der Waals surface area contributed by atoms with Crippen LogP contribution in [0.5, 0.6) is 0 Å². The van der Waals surface area contributed by atoms with Crippen molar-refractivity contribution in [3.8, 4) is 11.1 Å². The summed E-state index contributed by atoms with van der Waals surface area (Å²) in [5.74, 6) is -0.412. The number of Topliss-reactive ketones (excluding diaryl/α,β-unsaturated/α-hetero) is 2. The average molecular weight is 427 g/mol. The third-order valence-corrected chi connectivity index (χ3v) is 6.56. The van der Waals surface area contributed by atoms with Crippen LogP contribution in [0.25, 0.3) is 21.9 Å². The minimum Gasteiger partial charge on any atom is -0.292 e. The molecule has 0 fully saturated rings. The van der Waals surface area contributed by atoms with Crippen molar-refractivity contribution in [2.45, 2.75) is 4.32 Å². The highest BCUT2D eigenvalue weighted by atomic mass is 79.9. The molecule has 0 saturated heterocycles. The molecule has 1 aliphatic rings. The standard InChI is InChI=1S/C25H15BrO2/c26-25(18-12-5-2-6-13-18)23(27)20-15-17-11-7-8-14-19(17)21(22(20)24(25)28)16-9-3-1-4-10-16/h1-15H/t25-/m1/s1. The van der Waals surface area contributed by atoms with Crippen LogP contribution >= 0.6 is 15.9 Å². The zero-order valence-electron chi connectivity index (χ0n) is 14.9. The van der Waals surface area contributed by atoms with Crippen molar-refractivity contribution in [3.05, 3.63) is 108 Å². The van der Waals surface area contributed by atoms with E-state index in [-0.39, 0.29) is 11.6 Å². The lowest BCUT2D eigenvalue weighted by molar-refractivity contribution is 0.0871. The summed E-state index contributed by atoms with van der Waals surface area (Å²) in [7, 11) is 0. The van der Waals surface area contributed by atoms with Crippen LogP contribution < -0.4 is 0 Å².